The van der Waals surface area contributed by atoms with E-state index in [9.17, 15) is 14.7 Å². The van der Waals surface area contributed by atoms with Crippen LogP contribution in [0, 0.1) is 10.1 Å². The van der Waals surface area contributed by atoms with Gasteiger partial charge in [-0.25, -0.2) is 0 Å². The fraction of sp³-hybridized carbons (Fsp3) is 0.455. The van der Waals surface area contributed by atoms with E-state index in [1.165, 1.54) is 6.07 Å². The number of rotatable bonds is 12. The molecule has 32 heavy (non-hydrogen) atoms. The lowest BCUT2D eigenvalue weighted by atomic mass is 10.2. The molecule has 0 radical (unpaired) electrons. The van der Waals surface area contributed by atoms with Crippen LogP contribution in [0.25, 0.3) is 0 Å². The maximum Gasteiger partial charge on any atom is 0.548 e. The van der Waals surface area contributed by atoms with Crippen LogP contribution in [0.3, 0.4) is 0 Å². The molecule has 0 amide bonds. The molecule has 2 aromatic carbocycles. The predicted molar refractivity (Wildman–Crippen MR) is 128 cm³/mol. The number of hydrogen-bond acceptors (Lipinski definition) is 8. The molecule has 0 aliphatic carbocycles. The number of nitrogens with one attached hydrogen (secondary N) is 1. The van der Waals surface area contributed by atoms with Crippen LogP contribution in [0.5, 0.6) is 0 Å². The van der Waals surface area contributed by atoms with Gasteiger partial charge in [0.25, 0.3) is 5.69 Å². The van der Waals surface area contributed by atoms with Gasteiger partial charge in [0.15, 0.2) is 0 Å². The molecule has 2 aromatic rings. The maximum absolute atomic E-state index is 12.2. The molecule has 1 N–H and O–H groups in total. The number of anilines is 1. The minimum atomic E-state index is -2.11. The topological polar surface area (TPSA) is 93.9 Å². The molecule has 10 heteroatoms. The second-order valence-electron chi connectivity index (χ2n) is 7.34. The highest BCUT2D eigenvalue weighted by Gasteiger charge is 2.27. The summed E-state index contributed by atoms with van der Waals surface area (Å²) >= 11 is 1.72. The molecular formula is C22H29N3O5PS+. The van der Waals surface area contributed by atoms with Crippen molar-refractivity contribution in [1.82, 2.24) is 4.90 Å². The van der Waals surface area contributed by atoms with Crippen LogP contribution < -0.4 is 10.6 Å². The lowest BCUT2D eigenvalue weighted by molar-refractivity contribution is -0.383. The summed E-state index contributed by atoms with van der Waals surface area (Å²) in [4.78, 5) is 14.8. The van der Waals surface area contributed by atoms with E-state index in [0.29, 0.717) is 11.0 Å². The smallest absolute Gasteiger partial charge is 0.379 e. The van der Waals surface area contributed by atoms with Gasteiger partial charge in [-0.2, -0.15) is 0 Å². The Balaban J connectivity index is 1.73. The molecular weight excluding hydrogens is 449 g/mol. The van der Waals surface area contributed by atoms with Gasteiger partial charge < -0.3 is 10.1 Å². The largest absolute Gasteiger partial charge is 0.548 e. The molecule has 1 unspecified atom stereocenters. The molecule has 172 valence electrons. The van der Waals surface area contributed by atoms with Gasteiger partial charge >= 0.3 is 8.03 Å². The summed E-state index contributed by atoms with van der Waals surface area (Å²) in [6.45, 7) is 6.18. The van der Waals surface area contributed by atoms with Crippen molar-refractivity contribution >= 4 is 36.5 Å². The maximum atomic E-state index is 12.2. The van der Waals surface area contributed by atoms with Crippen molar-refractivity contribution in [3.05, 3.63) is 58.6 Å². The number of morpholine rings is 1. The van der Waals surface area contributed by atoms with Crippen molar-refractivity contribution in [1.29, 1.82) is 0 Å². The average molecular weight is 479 g/mol. The van der Waals surface area contributed by atoms with E-state index in [2.05, 4.69) is 22.3 Å². The van der Waals surface area contributed by atoms with Crippen LogP contribution in [-0.2, 0) is 13.8 Å². The lowest BCUT2D eigenvalue weighted by Crippen LogP contribution is -2.39. The van der Waals surface area contributed by atoms with E-state index in [4.69, 9.17) is 9.26 Å². The number of thioether (sulfide) groups is 1. The third kappa shape index (κ3) is 7.53. The van der Waals surface area contributed by atoms with Crippen LogP contribution in [0.1, 0.15) is 13.3 Å². The molecule has 1 aliphatic rings. The zero-order valence-electron chi connectivity index (χ0n) is 18.1. The molecule has 1 fully saturated rings. The summed E-state index contributed by atoms with van der Waals surface area (Å²) in [6.07, 6.45) is 0.839. The molecule has 8 nitrogen and oxygen atoms in total. The lowest BCUT2D eigenvalue weighted by Gasteiger charge is -2.29. The van der Waals surface area contributed by atoms with E-state index in [0.717, 1.165) is 49.9 Å². The second kappa shape index (κ2) is 12.9. The summed E-state index contributed by atoms with van der Waals surface area (Å²) in [5.74, 6) is 0.764. The van der Waals surface area contributed by atoms with Gasteiger partial charge in [-0.05, 0) is 42.2 Å². The number of nitro groups is 1. The van der Waals surface area contributed by atoms with E-state index >= 15 is 0 Å². The van der Waals surface area contributed by atoms with Gasteiger partial charge in [0, 0.05) is 36.3 Å². The SMILES string of the molecule is CCO[P+](=O)c1ccc(N[C@H](CCN2CCOCC2)CSc2ccccc2)c([N+](=O)[O-])c1. The molecule has 2 atom stereocenters. The molecule has 1 aliphatic heterocycles. The van der Waals surface area contributed by atoms with Crippen molar-refractivity contribution < 1.29 is 18.7 Å². The Labute approximate surface area is 193 Å². The Hall–Kier alpha value is -2.03. The van der Waals surface area contributed by atoms with Crippen LogP contribution in [-0.4, -0.2) is 61.1 Å². The van der Waals surface area contributed by atoms with Gasteiger partial charge in [0.05, 0.1) is 24.2 Å². The van der Waals surface area contributed by atoms with E-state index < -0.39 is 13.0 Å². The number of nitrogens with zero attached hydrogens (tertiary/aromatic N) is 2. The van der Waals surface area contributed by atoms with Crippen LogP contribution in [0.15, 0.2) is 53.4 Å². The molecule has 0 aromatic heterocycles. The van der Waals surface area contributed by atoms with Crippen molar-refractivity contribution in [2.24, 2.45) is 0 Å². The zero-order chi connectivity index (χ0) is 22.8. The Morgan fingerprint density at radius 1 is 1.25 bits per heavy atom. The number of benzene rings is 2. The van der Waals surface area contributed by atoms with Gasteiger partial charge in [-0.15, -0.1) is 16.3 Å². The predicted octanol–water partition coefficient (Wildman–Crippen LogP) is 4.29. The van der Waals surface area contributed by atoms with Crippen molar-refractivity contribution in [3.63, 3.8) is 0 Å². The van der Waals surface area contributed by atoms with Crippen molar-refractivity contribution in [2.75, 3.05) is 50.5 Å². The highest BCUT2D eigenvalue weighted by Crippen LogP contribution is 2.30. The molecule has 1 heterocycles. The van der Waals surface area contributed by atoms with Crippen molar-refractivity contribution in [3.8, 4) is 0 Å². The Morgan fingerprint density at radius 3 is 2.69 bits per heavy atom. The number of hydrogen-bond donors (Lipinski definition) is 1. The minimum absolute atomic E-state index is 0.0215. The number of nitro benzene ring substituents is 1. The zero-order valence-corrected chi connectivity index (χ0v) is 19.9. The summed E-state index contributed by atoms with van der Waals surface area (Å²) < 4.78 is 22.7. The van der Waals surface area contributed by atoms with E-state index in [-0.39, 0.29) is 18.3 Å². The Kier molecular flexibility index (Phi) is 9.89. The first-order chi connectivity index (χ1) is 15.6. The van der Waals surface area contributed by atoms with Crippen LogP contribution in [0.2, 0.25) is 0 Å². The summed E-state index contributed by atoms with van der Waals surface area (Å²) in [5, 5.41) is 15.4. The van der Waals surface area contributed by atoms with Crippen LogP contribution in [0.4, 0.5) is 11.4 Å². The Morgan fingerprint density at radius 2 is 2.00 bits per heavy atom. The average Bonchev–Trinajstić information content (AvgIpc) is 2.82. The third-order valence-corrected chi connectivity index (χ3v) is 7.45. The van der Waals surface area contributed by atoms with Crippen molar-refractivity contribution in [2.45, 2.75) is 24.3 Å². The van der Waals surface area contributed by atoms with E-state index in [1.54, 1.807) is 30.8 Å². The second-order valence-corrected chi connectivity index (χ2v) is 9.72. The molecule has 0 spiro atoms. The quantitative estimate of drug-likeness (QED) is 0.209. The Bertz CT molecular complexity index is 896. The minimum Gasteiger partial charge on any atom is -0.379 e. The van der Waals surface area contributed by atoms with Crippen LogP contribution >= 0.6 is 19.8 Å². The monoisotopic (exact) mass is 478 g/mol. The molecule has 3 rings (SSSR count). The highest BCUT2D eigenvalue weighted by molar-refractivity contribution is 7.99. The summed E-state index contributed by atoms with van der Waals surface area (Å²) in [6, 6.07) is 14.7. The standard InChI is InChI=1S/C22H29N3O5PS/c1-2-30-31(28)19-8-9-21(22(16-19)25(26)27)23-18(10-11-24-12-14-29-15-13-24)17-32-20-6-4-3-5-7-20/h3-9,16,18,23H,2,10-15,17H2,1H3/q+1/t18-/m1/s1. The first-order valence-corrected chi connectivity index (χ1v) is 12.9. The van der Waals surface area contributed by atoms with E-state index in [1.807, 2.05) is 18.2 Å². The highest BCUT2D eigenvalue weighted by atomic mass is 32.2. The first kappa shape index (κ1) is 24.6. The van der Waals surface area contributed by atoms with Gasteiger partial charge in [0.1, 0.15) is 12.3 Å². The first-order valence-electron chi connectivity index (χ1n) is 10.7. The molecule has 1 saturated heterocycles. The summed E-state index contributed by atoms with van der Waals surface area (Å²) in [5.41, 5.74) is 0.339. The normalized spacial score (nSPS) is 15.8. The van der Waals surface area contributed by atoms with Gasteiger partial charge in [-0.3, -0.25) is 15.0 Å². The number of ether oxygens (including phenoxy) is 1. The third-order valence-electron chi connectivity index (χ3n) is 5.09. The fourth-order valence-electron chi connectivity index (χ4n) is 3.39. The summed E-state index contributed by atoms with van der Waals surface area (Å²) in [7, 11) is -2.11. The fourth-order valence-corrected chi connectivity index (χ4v) is 5.19. The van der Waals surface area contributed by atoms with Gasteiger partial charge in [0.2, 0.25) is 5.30 Å². The molecule has 0 saturated carbocycles. The molecule has 0 bridgehead atoms. The van der Waals surface area contributed by atoms with Gasteiger partial charge in [-0.1, -0.05) is 18.2 Å².